The van der Waals surface area contributed by atoms with Crippen LogP contribution >= 0.6 is 0 Å². The lowest BCUT2D eigenvalue weighted by atomic mass is 9.87. The third-order valence-corrected chi connectivity index (χ3v) is 5.51. The van der Waals surface area contributed by atoms with Crippen molar-refractivity contribution in [3.8, 4) is 0 Å². The number of hydrogen-bond acceptors (Lipinski definition) is 0. The standard InChI is InChI=1S/C17H21S/c1-17(2,15-10-6-4-7-11-15)14-18(3)16-12-8-5-9-13-16/h4-13H,14H2,1-3H3/q+1. The van der Waals surface area contributed by atoms with E-state index < -0.39 is 0 Å². The molecule has 0 radical (unpaired) electrons. The lowest BCUT2D eigenvalue weighted by Crippen LogP contribution is -2.27. The molecule has 0 amide bonds. The Balaban J connectivity index is 2.14. The van der Waals surface area contributed by atoms with Gasteiger partial charge < -0.3 is 0 Å². The topological polar surface area (TPSA) is 0 Å². The van der Waals surface area contributed by atoms with Crippen molar-refractivity contribution < 1.29 is 0 Å². The normalized spacial score (nSPS) is 13.3. The molecule has 0 N–H and O–H groups in total. The summed E-state index contributed by atoms with van der Waals surface area (Å²) >= 11 is 0. The molecule has 0 heterocycles. The van der Waals surface area contributed by atoms with Crippen LogP contribution in [0.25, 0.3) is 0 Å². The van der Waals surface area contributed by atoms with Gasteiger partial charge in [0.2, 0.25) is 0 Å². The number of benzene rings is 2. The predicted molar refractivity (Wildman–Crippen MR) is 82.3 cm³/mol. The smallest absolute Gasteiger partial charge is 0.0622 e. The molecule has 18 heavy (non-hydrogen) atoms. The molecule has 1 heteroatoms. The van der Waals surface area contributed by atoms with Crippen LogP contribution in [0.3, 0.4) is 0 Å². The van der Waals surface area contributed by atoms with Gasteiger partial charge in [-0.25, -0.2) is 0 Å². The van der Waals surface area contributed by atoms with E-state index in [1.165, 1.54) is 16.2 Å². The van der Waals surface area contributed by atoms with Crippen LogP contribution < -0.4 is 0 Å². The van der Waals surface area contributed by atoms with Gasteiger partial charge in [-0.15, -0.1) is 0 Å². The van der Waals surface area contributed by atoms with E-state index in [1.54, 1.807) is 0 Å². The summed E-state index contributed by atoms with van der Waals surface area (Å²) in [5.41, 5.74) is 1.66. The second kappa shape index (κ2) is 5.62. The zero-order valence-corrected chi connectivity index (χ0v) is 12.2. The molecule has 0 nitrogen and oxygen atoms in total. The zero-order chi connectivity index (χ0) is 13.0. The molecule has 2 aromatic carbocycles. The molecule has 0 aromatic heterocycles. The van der Waals surface area contributed by atoms with Crippen molar-refractivity contribution in [2.75, 3.05) is 12.0 Å². The minimum atomic E-state index is 0.231. The van der Waals surface area contributed by atoms with Crippen LogP contribution in [-0.4, -0.2) is 12.0 Å². The summed E-state index contributed by atoms with van der Waals surface area (Å²) in [5, 5.41) is 0. The Morgan fingerprint density at radius 2 is 1.33 bits per heavy atom. The van der Waals surface area contributed by atoms with E-state index >= 15 is 0 Å². The summed E-state index contributed by atoms with van der Waals surface area (Å²) in [7, 11) is 0.297. The molecule has 0 saturated carbocycles. The summed E-state index contributed by atoms with van der Waals surface area (Å²) in [6.45, 7) is 4.68. The zero-order valence-electron chi connectivity index (χ0n) is 11.4. The molecule has 2 rings (SSSR count). The van der Waals surface area contributed by atoms with Gasteiger partial charge in [0.25, 0.3) is 0 Å². The molecule has 0 aliphatic rings. The highest BCUT2D eigenvalue weighted by Gasteiger charge is 2.30. The molecular formula is C17H21S+. The van der Waals surface area contributed by atoms with E-state index in [2.05, 4.69) is 80.8 Å². The van der Waals surface area contributed by atoms with E-state index in [0.29, 0.717) is 10.9 Å². The summed E-state index contributed by atoms with van der Waals surface area (Å²) < 4.78 is 0. The predicted octanol–water partition coefficient (Wildman–Crippen LogP) is 4.27. The Morgan fingerprint density at radius 3 is 1.89 bits per heavy atom. The Hall–Kier alpha value is -1.21. The summed E-state index contributed by atoms with van der Waals surface area (Å²) in [6, 6.07) is 21.7. The first-order chi connectivity index (χ1) is 8.59. The van der Waals surface area contributed by atoms with Gasteiger partial charge in [-0.3, -0.25) is 0 Å². The monoisotopic (exact) mass is 257 g/mol. The van der Waals surface area contributed by atoms with Crippen LogP contribution in [0.1, 0.15) is 19.4 Å². The van der Waals surface area contributed by atoms with Crippen molar-refractivity contribution in [2.24, 2.45) is 0 Å². The van der Waals surface area contributed by atoms with Gasteiger partial charge in [-0.1, -0.05) is 62.4 Å². The van der Waals surface area contributed by atoms with Gasteiger partial charge in [0, 0.05) is 16.3 Å². The molecule has 94 valence electrons. The quantitative estimate of drug-likeness (QED) is 0.718. The van der Waals surface area contributed by atoms with Crippen LogP contribution in [-0.2, 0) is 16.3 Å². The fourth-order valence-corrected chi connectivity index (χ4v) is 4.29. The highest BCUT2D eigenvalue weighted by Crippen LogP contribution is 2.27. The molecular weight excluding hydrogens is 236 g/mol. The average molecular weight is 257 g/mol. The first kappa shape index (κ1) is 13.2. The second-order valence-corrected chi connectivity index (χ2v) is 7.38. The van der Waals surface area contributed by atoms with Gasteiger partial charge in [0.1, 0.15) is 12.0 Å². The minimum Gasteiger partial charge on any atom is -0.0622 e. The Morgan fingerprint density at radius 1 is 0.833 bits per heavy atom. The Labute approximate surface area is 113 Å². The molecule has 2 aromatic rings. The second-order valence-electron chi connectivity index (χ2n) is 5.34. The third-order valence-electron chi connectivity index (χ3n) is 3.28. The summed E-state index contributed by atoms with van der Waals surface area (Å²) in [6.07, 6.45) is 2.35. The molecule has 1 unspecified atom stereocenters. The highest BCUT2D eigenvalue weighted by atomic mass is 32.2. The first-order valence-corrected chi connectivity index (χ1v) is 8.13. The molecule has 0 saturated heterocycles. The molecule has 0 fully saturated rings. The Kier molecular flexibility index (Phi) is 4.13. The van der Waals surface area contributed by atoms with Gasteiger partial charge >= 0.3 is 0 Å². The van der Waals surface area contributed by atoms with Gasteiger partial charge in [0.05, 0.1) is 0 Å². The van der Waals surface area contributed by atoms with Crippen molar-refractivity contribution >= 4 is 10.9 Å². The lowest BCUT2D eigenvalue weighted by Gasteiger charge is -2.23. The van der Waals surface area contributed by atoms with Crippen molar-refractivity contribution in [1.82, 2.24) is 0 Å². The number of hydrogen-bond donors (Lipinski definition) is 0. The van der Waals surface area contributed by atoms with Crippen molar-refractivity contribution in [3.05, 3.63) is 66.2 Å². The third kappa shape index (κ3) is 3.17. The maximum atomic E-state index is 2.35. The maximum absolute atomic E-state index is 2.35. The Bertz CT molecular complexity index is 473. The molecule has 0 aliphatic heterocycles. The van der Waals surface area contributed by atoms with Crippen LogP contribution in [0.15, 0.2) is 65.6 Å². The fourth-order valence-electron chi connectivity index (χ4n) is 2.25. The average Bonchev–Trinajstić information content (AvgIpc) is 2.40. The van der Waals surface area contributed by atoms with Crippen molar-refractivity contribution in [1.29, 1.82) is 0 Å². The van der Waals surface area contributed by atoms with Crippen molar-refractivity contribution in [3.63, 3.8) is 0 Å². The van der Waals surface area contributed by atoms with Gasteiger partial charge in [0.15, 0.2) is 4.90 Å². The van der Waals surface area contributed by atoms with Gasteiger partial charge in [-0.2, -0.15) is 0 Å². The van der Waals surface area contributed by atoms with Gasteiger partial charge in [-0.05, 0) is 17.7 Å². The SMILES string of the molecule is C[S+](CC(C)(C)c1ccccc1)c1ccccc1. The van der Waals surface area contributed by atoms with E-state index in [4.69, 9.17) is 0 Å². The summed E-state index contributed by atoms with van der Waals surface area (Å²) in [5.74, 6) is 1.20. The fraction of sp³-hybridized carbons (Fsp3) is 0.294. The van der Waals surface area contributed by atoms with E-state index in [9.17, 15) is 0 Å². The maximum Gasteiger partial charge on any atom is 0.154 e. The van der Waals surface area contributed by atoms with E-state index in [0.717, 1.165) is 0 Å². The molecule has 0 aliphatic carbocycles. The lowest BCUT2D eigenvalue weighted by molar-refractivity contribution is 0.600. The van der Waals surface area contributed by atoms with Crippen LogP contribution in [0.5, 0.6) is 0 Å². The molecule has 0 bridgehead atoms. The van der Waals surface area contributed by atoms with E-state index in [1.807, 2.05) is 0 Å². The minimum absolute atomic E-state index is 0.231. The summed E-state index contributed by atoms with van der Waals surface area (Å²) in [4.78, 5) is 1.46. The molecule has 1 atom stereocenters. The highest BCUT2D eigenvalue weighted by molar-refractivity contribution is 7.96. The van der Waals surface area contributed by atoms with E-state index in [-0.39, 0.29) is 5.41 Å². The number of rotatable bonds is 4. The van der Waals surface area contributed by atoms with Crippen LogP contribution in [0.4, 0.5) is 0 Å². The first-order valence-electron chi connectivity index (χ1n) is 6.33. The largest absolute Gasteiger partial charge is 0.154 e. The molecule has 0 spiro atoms. The van der Waals surface area contributed by atoms with Crippen LogP contribution in [0.2, 0.25) is 0 Å². The van der Waals surface area contributed by atoms with Crippen LogP contribution in [0, 0.1) is 0 Å². The van der Waals surface area contributed by atoms with Crippen molar-refractivity contribution in [2.45, 2.75) is 24.2 Å².